The molecule has 0 spiro atoms. The molecule has 0 unspecified atom stereocenters. The van der Waals surface area contributed by atoms with Crippen LogP contribution >= 0.6 is 11.6 Å². The van der Waals surface area contributed by atoms with Crippen molar-refractivity contribution < 1.29 is 0 Å². The Morgan fingerprint density at radius 1 is 1.07 bits per heavy atom. The molecule has 1 aromatic carbocycles. The van der Waals surface area contributed by atoms with E-state index >= 15 is 0 Å². The number of unbranched alkanes of at least 4 members (excludes halogenated alkanes) is 2. The summed E-state index contributed by atoms with van der Waals surface area (Å²) >= 11 is 5.36. The van der Waals surface area contributed by atoms with Crippen LogP contribution in [0.5, 0.6) is 0 Å². The van der Waals surface area contributed by atoms with Gasteiger partial charge in [-0.25, -0.2) is 0 Å². The first kappa shape index (κ1) is 13.2. The van der Waals surface area contributed by atoms with E-state index in [0.29, 0.717) is 0 Å². The van der Waals surface area contributed by atoms with Gasteiger partial charge in [0.1, 0.15) is 0 Å². The van der Waals surface area contributed by atoms with Crippen molar-refractivity contribution in [2.75, 3.05) is 0 Å². The molecule has 0 bridgehead atoms. The highest BCUT2D eigenvalue weighted by Crippen LogP contribution is 2.00. The maximum absolute atomic E-state index is 5.36. The SMILES string of the molecule is CCCCC.ClC=Cc1ccccc1. The molecule has 0 saturated carbocycles. The normalized spacial score (nSPS) is 9.64. The summed E-state index contributed by atoms with van der Waals surface area (Å²) in [5.74, 6) is 0. The monoisotopic (exact) mass is 210 g/mol. The van der Waals surface area contributed by atoms with Gasteiger partial charge in [0, 0.05) is 5.54 Å². The van der Waals surface area contributed by atoms with Gasteiger partial charge in [0.15, 0.2) is 0 Å². The number of hydrogen-bond donors (Lipinski definition) is 0. The first-order chi connectivity index (χ1) is 6.85. The number of halogens is 1. The topological polar surface area (TPSA) is 0 Å². The number of rotatable bonds is 3. The Labute approximate surface area is 92.6 Å². The summed E-state index contributed by atoms with van der Waals surface area (Å²) in [5, 5.41) is 0. The molecule has 0 aliphatic carbocycles. The molecule has 0 aliphatic heterocycles. The first-order valence-electron chi connectivity index (χ1n) is 5.17. The van der Waals surface area contributed by atoms with Crippen LogP contribution in [0.2, 0.25) is 0 Å². The van der Waals surface area contributed by atoms with Crippen molar-refractivity contribution >= 4 is 17.7 Å². The maximum atomic E-state index is 5.36. The molecule has 0 N–H and O–H groups in total. The van der Waals surface area contributed by atoms with E-state index in [-0.39, 0.29) is 0 Å². The van der Waals surface area contributed by atoms with Crippen molar-refractivity contribution in [2.24, 2.45) is 0 Å². The molecule has 1 rings (SSSR count). The molecule has 78 valence electrons. The fourth-order valence-electron chi connectivity index (χ4n) is 0.990. The minimum Gasteiger partial charge on any atom is -0.0929 e. The molecule has 0 amide bonds. The van der Waals surface area contributed by atoms with Crippen LogP contribution in [-0.4, -0.2) is 0 Å². The van der Waals surface area contributed by atoms with E-state index in [0.717, 1.165) is 5.56 Å². The lowest BCUT2D eigenvalue weighted by Gasteiger charge is -1.86. The van der Waals surface area contributed by atoms with Crippen LogP contribution in [0.25, 0.3) is 6.08 Å². The quantitative estimate of drug-likeness (QED) is 0.652. The standard InChI is InChI=1S/C8H7Cl.C5H12/c9-7-6-8-4-2-1-3-5-8;1-3-5-4-2/h1-7H;3-5H2,1-2H3. The Morgan fingerprint density at radius 2 is 1.64 bits per heavy atom. The van der Waals surface area contributed by atoms with Crippen molar-refractivity contribution in [3.8, 4) is 0 Å². The molecule has 0 heterocycles. The van der Waals surface area contributed by atoms with E-state index in [9.17, 15) is 0 Å². The van der Waals surface area contributed by atoms with E-state index < -0.39 is 0 Å². The van der Waals surface area contributed by atoms with Gasteiger partial charge in [-0.2, -0.15) is 0 Å². The van der Waals surface area contributed by atoms with Crippen LogP contribution in [0, 0.1) is 0 Å². The Balaban J connectivity index is 0.000000292. The highest BCUT2D eigenvalue weighted by molar-refractivity contribution is 6.27. The van der Waals surface area contributed by atoms with Gasteiger partial charge in [0.05, 0.1) is 0 Å². The van der Waals surface area contributed by atoms with E-state index in [4.69, 9.17) is 11.6 Å². The van der Waals surface area contributed by atoms with Gasteiger partial charge < -0.3 is 0 Å². The van der Waals surface area contributed by atoms with Crippen LogP contribution in [0.4, 0.5) is 0 Å². The molecule has 0 fully saturated rings. The fourth-order valence-corrected chi connectivity index (χ4v) is 1.14. The molecule has 0 aliphatic rings. The minimum absolute atomic E-state index is 1.13. The zero-order valence-corrected chi connectivity index (χ0v) is 9.80. The Hall–Kier alpha value is -0.750. The largest absolute Gasteiger partial charge is 0.0929 e. The predicted octanol–water partition coefficient (Wildman–Crippen LogP) is 5.09. The van der Waals surface area contributed by atoms with Gasteiger partial charge >= 0.3 is 0 Å². The van der Waals surface area contributed by atoms with Crippen LogP contribution in [0.3, 0.4) is 0 Å². The third-order valence-corrected chi connectivity index (χ3v) is 1.89. The molecule has 0 atom stereocenters. The highest BCUT2D eigenvalue weighted by atomic mass is 35.5. The summed E-state index contributed by atoms with van der Waals surface area (Å²) in [5.41, 5.74) is 2.64. The van der Waals surface area contributed by atoms with E-state index in [1.165, 1.54) is 24.8 Å². The predicted molar refractivity (Wildman–Crippen MR) is 66.5 cm³/mol. The average molecular weight is 211 g/mol. The second kappa shape index (κ2) is 10.3. The van der Waals surface area contributed by atoms with Gasteiger partial charge in [-0.3, -0.25) is 0 Å². The van der Waals surface area contributed by atoms with E-state index in [2.05, 4.69) is 13.8 Å². The van der Waals surface area contributed by atoms with E-state index in [1.807, 2.05) is 36.4 Å². The maximum Gasteiger partial charge on any atom is 0.00484 e. The second-order valence-electron chi connectivity index (χ2n) is 3.06. The van der Waals surface area contributed by atoms with Crippen molar-refractivity contribution in [3.05, 3.63) is 41.4 Å². The molecule has 14 heavy (non-hydrogen) atoms. The molecule has 0 aromatic heterocycles. The highest BCUT2D eigenvalue weighted by Gasteiger charge is 1.78. The molecule has 0 radical (unpaired) electrons. The van der Waals surface area contributed by atoms with Gasteiger partial charge in [-0.05, 0) is 11.6 Å². The summed E-state index contributed by atoms with van der Waals surface area (Å²) in [4.78, 5) is 0. The summed E-state index contributed by atoms with van der Waals surface area (Å²) in [6, 6.07) is 9.93. The van der Waals surface area contributed by atoms with E-state index in [1.54, 1.807) is 0 Å². The molecular formula is C13H19Cl. The van der Waals surface area contributed by atoms with Gasteiger partial charge in [-0.15, -0.1) is 0 Å². The summed E-state index contributed by atoms with van der Waals surface area (Å²) in [6.07, 6.45) is 5.93. The summed E-state index contributed by atoms with van der Waals surface area (Å²) in [6.45, 7) is 4.42. The number of hydrogen-bond acceptors (Lipinski definition) is 0. The fraction of sp³-hybridized carbons (Fsp3) is 0.385. The van der Waals surface area contributed by atoms with Crippen molar-refractivity contribution in [2.45, 2.75) is 33.1 Å². The van der Waals surface area contributed by atoms with Crippen molar-refractivity contribution in [1.82, 2.24) is 0 Å². The second-order valence-corrected chi connectivity index (χ2v) is 3.31. The Morgan fingerprint density at radius 3 is 2.00 bits per heavy atom. The molecule has 1 aromatic rings. The van der Waals surface area contributed by atoms with Gasteiger partial charge in [0.25, 0.3) is 0 Å². The summed E-state index contributed by atoms with van der Waals surface area (Å²) in [7, 11) is 0. The zero-order valence-electron chi connectivity index (χ0n) is 9.04. The lowest BCUT2D eigenvalue weighted by molar-refractivity contribution is 0.772. The smallest absolute Gasteiger partial charge is 0.00484 e. The lowest BCUT2D eigenvalue weighted by Crippen LogP contribution is -1.64. The molecule has 1 heteroatoms. The third-order valence-electron chi connectivity index (χ3n) is 1.76. The van der Waals surface area contributed by atoms with Crippen LogP contribution in [-0.2, 0) is 0 Å². The lowest BCUT2D eigenvalue weighted by atomic mass is 10.2. The van der Waals surface area contributed by atoms with Gasteiger partial charge in [-0.1, -0.05) is 75.0 Å². The van der Waals surface area contributed by atoms with Crippen LogP contribution < -0.4 is 0 Å². The number of benzene rings is 1. The third kappa shape index (κ3) is 7.88. The van der Waals surface area contributed by atoms with Crippen LogP contribution in [0.15, 0.2) is 35.9 Å². The molecular weight excluding hydrogens is 192 g/mol. The molecule has 0 nitrogen and oxygen atoms in total. The Bertz CT molecular complexity index is 224. The Kier molecular flexibility index (Phi) is 9.78. The summed E-state index contributed by atoms with van der Waals surface area (Å²) < 4.78 is 0. The van der Waals surface area contributed by atoms with Crippen molar-refractivity contribution in [1.29, 1.82) is 0 Å². The molecule has 0 saturated heterocycles. The van der Waals surface area contributed by atoms with Crippen molar-refractivity contribution in [3.63, 3.8) is 0 Å². The van der Waals surface area contributed by atoms with Gasteiger partial charge in [0.2, 0.25) is 0 Å². The zero-order chi connectivity index (χ0) is 10.6. The van der Waals surface area contributed by atoms with Crippen LogP contribution in [0.1, 0.15) is 38.7 Å². The first-order valence-corrected chi connectivity index (χ1v) is 5.60. The average Bonchev–Trinajstić information content (AvgIpc) is 2.22. The minimum atomic E-state index is 1.13.